The summed E-state index contributed by atoms with van der Waals surface area (Å²) < 4.78 is 0. The second-order valence-electron chi connectivity index (χ2n) is 6.46. The number of hydrogen-bond acceptors (Lipinski definition) is 2. The van der Waals surface area contributed by atoms with Crippen molar-refractivity contribution < 1.29 is 4.79 Å². The standard InChI is InChI=1S/C17H29ClN4O/c1-3-19-17(20-11-13(2)18)21-15-9-10-22(12-15)16(23)14-7-5-4-6-8-14/h14-15H,2-12H2,1H3,(H2,19,20,21). The SMILES string of the molecule is C=C(Cl)CN=C(NCC)NC1CCN(C(=O)C2CCCCC2)C1. The van der Waals surface area contributed by atoms with Gasteiger partial charge in [0, 0.05) is 36.6 Å². The van der Waals surface area contributed by atoms with Crippen molar-refractivity contribution in [2.45, 2.75) is 51.5 Å². The van der Waals surface area contributed by atoms with Crippen LogP contribution in [-0.2, 0) is 4.79 Å². The molecule has 1 amide bonds. The van der Waals surface area contributed by atoms with Crippen LogP contribution in [-0.4, -0.2) is 49.0 Å². The topological polar surface area (TPSA) is 56.7 Å². The summed E-state index contributed by atoms with van der Waals surface area (Å²) >= 11 is 5.78. The van der Waals surface area contributed by atoms with Crippen molar-refractivity contribution >= 4 is 23.5 Å². The maximum Gasteiger partial charge on any atom is 0.225 e. The minimum atomic E-state index is 0.254. The Labute approximate surface area is 144 Å². The third-order valence-electron chi connectivity index (χ3n) is 4.55. The maximum atomic E-state index is 12.6. The number of hydrogen-bond donors (Lipinski definition) is 2. The van der Waals surface area contributed by atoms with E-state index in [-0.39, 0.29) is 12.0 Å². The fourth-order valence-corrected chi connectivity index (χ4v) is 3.42. The van der Waals surface area contributed by atoms with Crippen LogP contribution in [0.1, 0.15) is 45.4 Å². The average Bonchev–Trinajstić information content (AvgIpc) is 3.01. The largest absolute Gasteiger partial charge is 0.357 e. The summed E-state index contributed by atoms with van der Waals surface area (Å²) in [6.07, 6.45) is 6.77. The Morgan fingerprint density at radius 1 is 1.30 bits per heavy atom. The Bertz CT molecular complexity index is 446. The lowest BCUT2D eigenvalue weighted by Gasteiger charge is -2.26. The summed E-state index contributed by atoms with van der Waals surface area (Å²) in [5, 5.41) is 7.13. The van der Waals surface area contributed by atoms with E-state index >= 15 is 0 Å². The normalized spacial score (nSPS) is 23.0. The van der Waals surface area contributed by atoms with Crippen LogP contribution < -0.4 is 10.6 Å². The Balaban J connectivity index is 1.84. The number of nitrogens with one attached hydrogen (secondary N) is 2. The molecule has 23 heavy (non-hydrogen) atoms. The fraction of sp³-hybridized carbons (Fsp3) is 0.765. The first kappa shape index (κ1) is 18.1. The van der Waals surface area contributed by atoms with Crippen LogP contribution in [0, 0.1) is 5.92 Å². The Morgan fingerprint density at radius 2 is 2.04 bits per heavy atom. The number of rotatable bonds is 5. The molecule has 2 rings (SSSR count). The van der Waals surface area contributed by atoms with Gasteiger partial charge in [-0.1, -0.05) is 37.4 Å². The molecule has 2 aliphatic rings. The van der Waals surface area contributed by atoms with E-state index in [0.717, 1.165) is 44.9 Å². The maximum absolute atomic E-state index is 12.6. The van der Waals surface area contributed by atoms with E-state index in [2.05, 4.69) is 22.2 Å². The lowest BCUT2D eigenvalue weighted by atomic mass is 9.88. The van der Waals surface area contributed by atoms with Gasteiger partial charge in [-0.15, -0.1) is 0 Å². The van der Waals surface area contributed by atoms with Crippen molar-refractivity contribution in [1.29, 1.82) is 0 Å². The van der Waals surface area contributed by atoms with E-state index in [4.69, 9.17) is 11.6 Å². The highest BCUT2D eigenvalue weighted by atomic mass is 35.5. The summed E-state index contributed by atoms with van der Waals surface area (Å²) in [6, 6.07) is 0.254. The molecular weight excluding hydrogens is 312 g/mol. The molecule has 1 aliphatic carbocycles. The molecule has 1 heterocycles. The molecule has 1 saturated carbocycles. The molecule has 0 bridgehead atoms. The first-order valence-electron chi connectivity index (χ1n) is 8.77. The summed E-state index contributed by atoms with van der Waals surface area (Å²) in [5.41, 5.74) is 0. The first-order valence-corrected chi connectivity index (χ1v) is 9.15. The predicted molar refractivity (Wildman–Crippen MR) is 95.7 cm³/mol. The molecule has 0 aromatic carbocycles. The number of carbonyl (C=O) groups excluding carboxylic acids is 1. The number of nitrogens with zero attached hydrogens (tertiary/aromatic N) is 2. The lowest BCUT2D eigenvalue weighted by molar-refractivity contribution is -0.135. The van der Waals surface area contributed by atoms with Crippen molar-refractivity contribution in [2.24, 2.45) is 10.9 Å². The van der Waals surface area contributed by atoms with Crippen molar-refractivity contribution in [2.75, 3.05) is 26.2 Å². The van der Waals surface area contributed by atoms with Crippen LogP contribution in [0.3, 0.4) is 0 Å². The minimum absolute atomic E-state index is 0.254. The zero-order valence-corrected chi connectivity index (χ0v) is 14.9. The molecule has 1 unspecified atom stereocenters. The Kier molecular flexibility index (Phi) is 7.21. The summed E-state index contributed by atoms with van der Waals surface area (Å²) in [5.74, 6) is 1.35. The smallest absolute Gasteiger partial charge is 0.225 e. The zero-order valence-electron chi connectivity index (χ0n) is 14.1. The molecule has 5 nitrogen and oxygen atoms in total. The van der Waals surface area contributed by atoms with Crippen LogP contribution >= 0.6 is 11.6 Å². The second kappa shape index (κ2) is 9.16. The molecule has 0 aromatic rings. The van der Waals surface area contributed by atoms with Crippen LogP contribution in [0.15, 0.2) is 16.6 Å². The Hall–Kier alpha value is -1.23. The number of halogens is 1. The van der Waals surface area contributed by atoms with Crippen molar-refractivity contribution in [3.8, 4) is 0 Å². The lowest BCUT2D eigenvalue weighted by Crippen LogP contribution is -2.45. The van der Waals surface area contributed by atoms with E-state index in [0.29, 0.717) is 17.5 Å². The van der Waals surface area contributed by atoms with Gasteiger partial charge < -0.3 is 15.5 Å². The van der Waals surface area contributed by atoms with Gasteiger partial charge in [0.15, 0.2) is 5.96 Å². The summed E-state index contributed by atoms with van der Waals surface area (Å²) in [4.78, 5) is 19.0. The highest BCUT2D eigenvalue weighted by molar-refractivity contribution is 6.29. The van der Waals surface area contributed by atoms with Gasteiger partial charge in [-0.2, -0.15) is 0 Å². The summed E-state index contributed by atoms with van der Waals surface area (Å²) in [6.45, 7) is 8.48. The minimum Gasteiger partial charge on any atom is -0.357 e. The highest BCUT2D eigenvalue weighted by Crippen LogP contribution is 2.26. The quantitative estimate of drug-likeness (QED) is 0.597. The second-order valence-corrected chi connectivity index (χ2v) is 7.00. The highest BCUT2D eigenvalue weighted by Gasteiger charge is 2.31. The van der Waals surface area contributed by atoms with Crippen molar-refractivity contribution in [3.05, 3.63) is 11.6 Å². The number of amides is 1. The zero-order chi connectivity index (χ0) is 16.7. The van der Waals surface area contributed by atoms with E-state index in [1.54, 1.807) is 0 Å². The molecule has 0 radical (unpaired) electrons. The first-order chi connectivity index (χ1) is 11.1. The monoisotopic (exact) mass is 340 g/mol. The predicted octanol–water partition coefficient (Wildman–Crippen LogP) is 2.48. The molecule has 130 valence electrons. The number of guanidine groups is 1. The molecule has 1 aliphatic heterocycles. The molecule has 0 spiro atoms. The number of likely N-dealkylation sites (tertiary alicyclic amines) is 1. The van der Waals surface area contributed by atoms with Crippen LogP contribution in [0.2, 0.25) is 0 Å². The molecule has 2 N–H and O–H groups in total. The Morgan fingerprint density at radius 3 is 2.70 bits per heavy atom. The van der Waals surface area contributed by atoms with Gasteiger partial charge in [0.2, 0.25) is 5.91 Å². The van der Waals surface area contributed by atoms with Gasteiger partial charge in [-0.25, -0.2) is 4.99 Å². The third-order valence-corrected chi connectivity index (χ3v) is 4.67. The van der Waals surface area contributed by atoms with Gasteiger partial charge in [-0.3, -0.25) is 4.79 Å². The number of carbonyl (C=O) groups is 1. The molecule has 2 fully saturated rings. The summed E-state index contributed by atoms with van der Waals surface area (Å²) in [7, 11) is 0. The van der Waals surface area contributed by atoms with Crippen molar-refractivity contribution in [3.63, 3.8) is 0 Å². The van der Waals surface area contributed by atoms with Gasteiger partial charge in [0.25, 0.3) is 0 Å². The van der Waals surface area contributed by atoms with Crippen molar-refractivity contribution in [1.82, 2.24) is 15.5 Å². The van der Waals surface area contributed by atoms with Gasteiger partial charge in [0.1, 0.15) is 0 Å². The molecule has 1 atom stereocenters. The van der Waals surface area contributed by atoms with Crippen LogP contribution in [0.4, 0.5) is 0 Å². The fourth-order valence-electron chi connectivity index (χ4n) is 3.36. The van der Waals surface area contributed by atoms with E-state index in [9.17, 15) is 4.79 Å². The number of aliphatic imine (C=N–C) groups is 1. The van der Waals surface area contributed by atoms with Gasteiger partial charge in [0.05, 0.1) is 6.54 Å². The van der Waals surface area contributed by atoms with E-state index in [1.807, 2.05) is 11.8 Å². The third kappa shape index (κ3) is 5.72. The average molecular weight is 341 g/mol. The molecule has 0 aromatic heterocycles. The molecule has 6 heteroatoms. The van der Waals surface area contributed by atoms with E-state index < -0.39 is 0 Å². The van der Waals surface area contributed by atoms with Gasteiger partial charge in [-0.05, 0) is 26.2 Å². The van der Waals surface area contributed by atoms with Crippen LogP contribution in [0.25, 0.3) is 0 Å². The molecular formula is C17H29ClN4O. The van der Waals surface area contributed by atoms with Crippen LogP contribution in [0.5, 0.6) is 0 Å². The van der Waals surface area contributed by atoms with E-state index in [1.165, 1.54) is 19.3 Å². The van der Waals surface area contributed by atoms with Gasteiger partial charge >= 0.3 is 0 Å². The molecule has 1 saturated heterocycles.